The molecule has 0 spiro atoms. The number of hydrogen-bond donors (Lipinski definition) is 1. The van der Waals surface area contributed by atoms with Crippen molar-refractivity contribution in [3.8, 4) is 0 Å². The molecule has 2 aromatic rings. The summed E-state index contributed by atoms with van der Waals surface area (Å²) in [5.41, 5.74) is 0.676. The number of piperidine rings is 1. The number of likely N-dealkylation sites (tertiary alicyclic amines) is 1. The first-order chi connectivity index (χ1) is 10.6. The van der Waals surface area contributed by atoms with Crippen LogP contribution in [-0.2, 0) is 0 Å². The second-order valence-electron chi connectivity index (χ2n) is 5.86. The van der Waals surface area contributed by atoms with Gasteiger partial charge in [-0.1, -0.05) is 0 Å². The zero-order valence-electron chi connectivity index (χ0n) is 13.0. The van der Waals surface area contributed by atoms with Crippen LogP contribution in [0.15, 0.2) is 39.6 Å². The van der Waals surface area contributed by atoms with Gasteiger partial charge in [-0.3, -0.25) is 4.79 Å². The molecule has 0 radical (unpaired) electrons. The van der Waals surface area contributed by atoms with Crippen molar-refractivity contribution in [2.45, 2.75) is 38.8 Å². The lowest BCUT2D eigenvalue weighted by molar-refractivity contribution is 0.0699. The summed E-state index contributed by atoms with van der Waals surface area (Å²) >= 11 is 0. The molecule has 0 bridgehead atoms. The van der Waals surface area contributed by atoms with Gasteiger partial charge in [0.2, 0.25) is 0 Å². The minimum Gasteiger partial charge on any atom is -0.469 e. The van der Waals surface area contributed by atoms with E-state index < -0.39 is 0 Å². The molecule has 5 heteroatoms. The molecule has 1 atom stereocenters. The number of nitrogens with zero attached hydrogens (tertiary/aromatic N) is 1. The van der Waals surface area contributed by atoms with Crippen LogP contribution in [0.1, 0.15) is 47.7 Å². The molecule has 1 N–H and O–H groups in total. The van der Waals surface area contributed by atoms with Gasteiger partial charge in [-0.05, 0) is 44.9 Å². The van der Waals surface area contributed by atoms with Gasteiger partial charge in [0.05, 0.1) is 24.1 Å². The number of amides is 1. The third-order valence-electron chi connectivity index (χ3n) is 4.33. The first kappa shape index (κ1) is 14.9. The normalized spacial score (nSPS) is 17.6. The zero-order chi connectivity index (χ0) is 15.5. The van der Waals surface area contributed by atoms with E-state index in [1.165, 1.54) is 0 Å². The first-order valence-corrected chi connectivity index (χ1v) is 7.78. The van der Waals surface area contributed by atoms with E-state index in [0.29, 0.717) is 17.4 Å². The Balaban J connectivity index is 1.52. The van der Waals surface area contributed by atoms with Gasteiger partial charge in [-0.15, -0.1) is 0 Å². The molecule has 0 aromatic carbocycles. The second-order valence-corrected chi connectivity index (χ2v) is 5.86. The minimum atomic E-state index is 0.0729. The van der Waals surface area contributed by atoms with Gasteiger partial charge < -0.3 is 19.1 Å². The molecule has 5 nitrogen and oxygen atoms in total. The quantitative estimate of drug-likeness (QED) is 0.942. The van der Waals surface area contributed by atoms with Crippen molar-refractivity contribution in [1.82, 2.24) is 10.2 Å². The minimum absolute atomic E-state index is 0.0729. The maximum Gasteiger partial charge on any atom is 0.257 e. The lowest BCUT2D eigenvalue weighted by atomic mass is 10.0. The molecule has 22 heavy (non-hydrogen) atoms. The van der Waals surface area contributed by atoms with Crippen LogP contribution < -0.4 is 5.32 Å². The van der Waals surface area contributed by atoms with E-state index in [-0.39, 0.29) is 11.9 Å². The molecule has 3 rings (SSSR count). The van der Waals surface area contributed by atoms with E-state index in [0.717, 1.165) is 31.7 Å². The number of rotatable bonds is 4. The van der Waals surface area contributed by atoms with Crippen molar-refractivity contribution < 1.29 is 13.6 Å². The van der Waals surface area contributed by atoms with E-state index in [9.17, 15) is 4.79 Å². The predicted octanol–water partition coefficient (Wildman–Crippen LogP) is 3.14. The number of nitrogens with one attached hydrogen (secondary N) is 1. The van der Waals surface area contributed by atoms with Gasteiger partial charge in [0.25, 0.3) is 5.91 Å². The van der Waals surface area contributed by atoms with Crippen LogP contribution in [-0.4, -0.2) is 29.9 Å². The largest absolute Gasteiger partial charge is 0.469 e. The fourth-order valence-corrected chi connectivity index (χ4v) is 3.00. The van der Waals surface area contributed by atoms with Gasteiger partial charge in [0, 0.05) is 19.1 Å². The van der Waals surface area contributed by atoms with Crippen molar-refractivity contribution >= 4 is 5.91 Å². The molecule has 2 aromatic heterocycles. The maximum absolute atomic E-state index is 12.4. The van der Waals surface area contributed by atoms with E-state index in [2.05, 4.69) is 12.2 Å². The average Bonchev–Trinajstić information content (AvgIpc) is 3.18. The highest BCUT2D eigenvalue weighted by Gasteiger charge is 2.26. The number of carbonyl (C=O) groups excluding carboxylic acids is 1. The monoisotopic (exact) mass is 302 g/mol. The summed E-state index contributed by atoms with van der Waals surface area (Å²) in [6.45, 7) is 5.47. The van der Waals surface area contributed by atoms with E-state index in [1.54, 1.807) is 18.6 Å². The lowest BCUT2D eigenvalue weighted by Crippen LogP contribution is -2.45. The van der Waals surface area contributed by atoms with Gasteiger partial charge in [-0.2, -0.15) is 0 Å². The summed E-state index contributed by atoms with van der Waals surface area (Å²) in [5, 5.41) is 3.58. The molecule has 0 saturated carbocycles. The highest BCUT2D eigenvalue weighted by atomic mass is 16.3. The van der Waals surface area contributed by atoms with Crippen molar-refractivity contribution in [1.29, 1.82) is 0 Å². The molecular formula is C17H22N2O3. The van der Waals surface area contributed by atoms with Crippen LogP contribution in [0.2, 0.25) is 0 Å². The Morgan fingerprint density at radius 2 is 2.05 bits per heavy atom. The maximum atomic E-state index is 12.4. The van der Waals surface area contributed by atoms with Crippen molar-refractivity contribution in [3.05, 3.63) is 47.8 Å². The predicted molar refractivity (Wildman–Crippen MR) is 82.6 cm³/mol. The summed E-state index contributed by atoms with van der Waals surface area (Å²) < 4.78 is 10.6. The number of carbonyl (C=O) groups is 1. The molecule has 1 fully saturated rings. The Morgan fingerprint density at radius 3 is 2.64 bits per heavy atom. The van der Waals surface area contributed by atoms with Crippen LogP contribution in [0.4, 0.5) is 0 Å². The molecule has 1 unspecified atom stereocenters. The van der Waals surface area contributed by atoms with Gasteiger partial charge >= 0.3 is 0 Å². The van der Waals surface area contributed by atoms with E-state index in [1.807, 2.05) is 24.0 Å². The van der Waals surface area contributed by atoms with Crippen LogP contribution >= 0.6 is 0 Å². The van der Waals surface area contributed by atoms with Crippen LogP contribution in [0.3, 0.4) is 0 Å². The molecule has 118 valence electrons. The standard InChI is InChI=1S/C17H22N2O3/c1-12(16-4-3-10-22-16)18-14-5-8-19(9-6-14)17(20)15-7-11-21-13(15)2/h3-4,7,10-12,14,18H,5-6,8-9H2,1-2H3. The van der Waals surface area contributed by atoms with Crippen LogP contribution in [0.25, 0.3) is 0 Å². The molecule has 3 heterocycles. The fourth-order valence-electron chi connectivity index (χ4n) is 3.00. The molecular weight excluding hydrogens is 280 g/mol. The zero-order valence-corrected chi connectivity index (χ0v) is 13.0. The molecule has 1 aliphatic heterocycles. The summed E-state index contributed by atoms with van der Waals surface area (Å²) in [4.78, 5) is 14.3. The Labute approximate surface area is 130 Å². The molecule has 1 saturated heterocycles. The SMILES string of the molecule is Cc1occc1C(=O)N1CCC(NC(C)c2ccco2)CC1. The third-order valence-corrected chi connectivity index (χ3v) is 4.33. The van der Waals surface area contributed by atoms with Crippen molar-refractivity contribution in [3.63, 3.8) is 0 Å². The highest BCUT2D eigenvalue weighted by molar-refractivity contribution is 5.95. The van der Waals surface area contributed by atoms with Gasteiger partial charge in [0.15, 0.2) is 0 Å². The fraction of sp³-hybridized carbons (Fsp3) is 0.471. The summed E-state index contributed by atoms with van der Waals surface area (Å²) in [6, 6.07) is 6.24. The van der Waals surface area contributed by atoms with Gasteiger partial charge in [-0.25, -0.2) is 0 Å². The van der Waals surface area contributed by atoms with E-state index in [4.69, 9.17) is 8.83 Å². The summed E-state index contributed by atoms with van der Waals surface area (Å²) in [7, 11) is 0. The first-order valence-electron chi connectivity index (χ1n) is 7.78. The number of hydrogen-bond acceptors (Lipinski definition) is 4. The van der Waals surface area contributed by atoms with Crippen LogP contribution in [0, 0.1) is 6.92 Å². The van der Waals surface area contributed by atoms with Crippen molar-refractivity contribution in [2.24, 2.45) is 0 Å². The second kappa shape index (κ2) is 6.40. The third kappa shape index (κ3) is 3.09. The van der Waals surface area contributed by atoms with Crippen LogP contribution in [0.5, 0.6) is 0 Å². The molecule has 1 aliphatic rings. The smallest absolute Gasteiger partial charge is 0.257 e. The molecule has 0 aliphatic carbocycles. The Morgan fingerprint density at radius 1 is 1.27 bits per heavy atom. The highest BCUT2D eigenvalue weighted by Crippen LogP contribution is 2.20. The number of aryl methyl sites for hydroxylation is 1. The lowest BCUT2D eigenvalue weighted by Gasteiger charge is -2.33. The molecule has 1 amide bonds. The van der Waals surface area contributed by atoms with E-state index >= 15 is 0 Å². The summed E-state index contributed by atoms with van der Waals surface area (Å²) in [5.74, 6) is 1.72. The van der Waals surface area contributed by atoms with Crippen molar-refractivity contribution in [2.75, 3.05) is 13.1 Å². The topological polar surface area (TPSA) is 58.6 Å². The number of furan rings is 2. The average molecular weight is 302 g/mol. The summed E-state index contributed by atoms with van der Waals surface area (Å²) in [6.07, 6.45) is 5.17. The Hall–Kier alpha value is -2.01. The Kier molecular flexibility index (Phi) is 4.34. The Bertz CT molecular complexity index is 610. The van der Waals surface area contributed by atoms with Gasteiger partial charge in [0.1, 0.15) is 11.5 Å².